The fraction of sp³-hybridized carbons (Fsp3) is 0.700. The maximum Gasteiger partial charge on any atom is 0.240 e. The standard InChI is InChI=1S/C20H32N2O2S/c1-2-5-17-8-10-20(11-9-17)25(23,24)21-16-18-12-14-22(15-13-18)19-6-3-4-7-19/h8-11,18-19,21H,2-7,12-16H2,1H3. The summed E-state index contributed by atoms with van der Waals surface area (Å²) >= 11 is 0. The molecule has 1 aromatic rings. The number of nitrogens with one attached hydrogen (secondary N) is 1. The normalized spacial score (nSPS) is 21.0. The van der Waals surface area contributed by atoms with E-state index in [9.17, 15) is 8.42 Å². The highest BCUT2D eigenvalue weighted by molar-refractivity contribution is 7.89. The summed E-state index contributed by atoms with van der Waals surface area (Å²) in [6.07, 6.45) is 9.74. The summed E-state index contributed by atoms with van der Waals surface area (Å²) in [5, 5.41) is 0. The summed E-state index contributed by atoms with van der Waals surface area (Å²) in [5.41, 5.74) is 1.20. The van der Waals surface area contributed by atoms with Crippen LogP contribution in [0.15, 0.2) is 29.2 Å². The van der Waals surface area contributed by atoms with Gasteiger partial charge in [-0.05, 0) is 68.8 Å². The van der Waals surface area contributed by atoms with Crippen molar-refractivity contribution in [1.82, 2.24) is 9.62 Å². The van der Waals surface area contributed by atoms with Crippen LogP contribution in [0.1, 0.15) is 57.4 Å². The number of hydrogen-bond donors (Lipinski definition) is 1. The molecule has 0 amide bonds. The predicted octanol–water partition coefficient (Wildman–Crippen LogP) is 3.57. The van der Waals surface area contributed by atoms with Gasteiger partial charge in [-0.2, -0.15) is 0 Å². The number of aryl methyl sites for hydroxylation is 1. The zero-order valence-corrected chi connectivity index (χ0v) is 16.2. The highest BCUT2D eigenvalue weighted by atomic mass is 32.2. The van der Waals surface area contributed by atoms with Crippen LogP contribution in [0.2, 0.25) is 0 Å². The molecule has 1 aromatic carbocycles. The Morgan fingerprint density at radius 1 is 1.04 bits per heavy atom. The molecule has 0 spiro atoms. The number of sulfonamides is 1. The van der Waals surface area contributed by atoms with E-state index in [1.807, 2.05) is 12.1 Å². The van der Waals surface area contributed by atoms with E-state index in [4.69, 9.17) is 0 Å². The minimum atomic E-state index is -3.38. The van der Waals surface area contributed by atoms with Crippen LogP contribution >= 0.6 is 0 Å². The topological polar surface area (TPSA) is 49.4 Å². The minimum Gasteiger partial charge on any atom is -0.300 e. The van der Waals surface area contributed by atoms with E-state index in [0.717, 1.165) is 44.8 Å². The molecule has 1 N–H and O–H groups in total. The van der Waals surface area contributed by atoms with Crippen molar-refractivity contribution in [1.29, 1.82) is 0 Å². The lowest BCUT2D eigenvalue weighted by Gasteiger charge is -2.36. The number of benzene rings is 1. The van der Waals surface area contributed by atoms with Crippen LogP contribution in [-0.2, 0) is 16.4 Å². The first-order valence-electron chi connectivity index (χ1n) is 9.91. The summed E-state index contributed by atoms with van der Waals surface area (Å²) in [5.74, 6) is 0.465. The van der Waals surface area contributed by atoms with Crippen molar-refractivity contribution in [3.8, 4) is 0 Å². The van der Waals surface area contributed by atoms with Crippen LogP contribution in [0, 0.1) is 5.92 Å². The highest BCUT2D eigenvalue weighted by Gasteiger charge is 2.27. The Kier molecular flexibility index (Phi) is 6.53. The summed E-state index contributed by atoms with van der Waals surface area (Å²) in [6.45, 7) is 4.95. The molecule has 25 heavy (non-hydrogen) atoms. The maximum atomic E-state index is 12.5. The second-order valence-corrected chi connectivity index (χ2v) is 9.43. The van der Waals surface area contributed by atoms with Crippen LogP contribution in [0.5, 0.6) is 0 Å². The second kappa shape index (κ2) is 8.65. The summed E-state index contributed by atoms with van der Waals surface area (Å²) < 4.78 is 27.8. The summed E-state index contributed by atoms with van der Waals surface area (Å²) in [7, 11) is -3.38. The van der Waals surface area contributed by atoms with E-state index in [2.05, 4.69) is 16.5 Å². The molecule has 2 aliphatic rings. The average Bonchev–Trinajstić information content (AvgIpc) is 3.16. The monoisotopic (exact) mass is 364 g/mol. The molecule has 3 rings (SSSR count). The maximum absolute atomic E-state index is 12.5. The van der Waals surface area contributed by atoms with E-state index in [-0.39, 0.29) is 0 Å². The van der Waals surface area contributed by atoms with Gasteiger partial charge < -0.3 is 4.90 Å². The fourth-order valence-electron chi connectivity index (χ4n) is 4.23. The molecule has 0 atom stereocenters. The lowest BCUT2D eigenvalue weighted by atomic mass is 9.96. The van der Waals surface area contributed by atoms with Crippen molar-refractivity contribution >= 4 is 10.0 Å². The van der Waals surface area contributed by atoms with Gasteiger partial charge in [-0.3, -0.25) is 0 Å². The molecule has 1 aliphatic heterocycles. The van der Waals surface area contributed by atoms with Crippen molar-refractivity contribution in [3.05, 3.63) is 29.8 Å². The van der Waals surface area contributed by atoms with Crippen molar-refractivity contribution < 1.29 is 8.42 Å². The van der Waals surface area contributed by atoms with Gasteiger partial charge in [0.25, 0.3) is 0 Å². The molecule has 1 heterocycles. The molecule has 140 valence electrons. The molecule has 0 radical (unpaired) electrons. The molecule has 2 fully saturated rings. The third-order valence-electron chi connectivity index (χ3n) is 5.82. The van der Waals surface area contributed by atoms with E-state index in [1.165, 1.54) is 31.2 Å². The molecule has 1 saturated heterocycles. The third-order valence-corrected chi connectivity index (χ3v) is 7.26. The summed E-state index contributed by atoms with van der Waals surface area (Å²) in [4.78, 5) is 3.01. The van der Waals surface area contributed by atoms with E-state index >= 15 is 0 Å². The van der Waals surface area contributed by atoms with Crippen LogP contribution in [0.3, 0.4) is 0 Å². The van der Waals surface area contributed by atoms with Crippen LogP contribution < -0.4 is 4.72 Å². The smallest absolute Gasteiger partial charge is 0.240 e. The van der Waals surface area contributed by atoms with E-state index in [0.29, 0.717) is 17.4 Å². The number of rotatable bonds is 7. The lowest BCUT2D eigenvalue weighted by Crippen LogP contribution is -2.42. The molecular weight excluding hydrogens is 332 g/mol. The number of hydrogen-bond acceptors (Lipinski definition) is 3. The molecule has 1 saturated carbocycles. The first-order chi connectivity index (χ1) is 12.1. The van der Waals surface area contributed by atoms with Crippen molar-refractivity contribution in [2.24, 2.45) is 5.92 Å². The predicted molar refractivity (Wildman–Crippen MR) is 102 cm³/mol. The quantitative estimate of drug-likeness (QED) is 0.805. The molecule has 0 bridgehead atoms. The van der Waals surface area contributed by atoms with Crippen molar-refractivity contribution in [3.63, 3.8) is 0 Å². The van der Waals surface area contributed by atoms with Crippen LogP contribution in [0.4, 0.5) is 0 Å². The zero-order chi connectivity index (χ0) is 17.7. The van der Waals surface area contributed by atoms with Crippen molar-refractivity contribution in [2.45, 2.75) is 69.2 Å². The molecule has 5 heteroatoms. The Morgan fingerprint density at radius 3 is 2.28 bits per heavy atom. The second-order valence-electron chi connectivity index (χ2n) is 7.66. The minimum absolute atomic E-state index is 0.385. The first-order valence-corrected chi connectivity index (χ1v) is 11.4. The van der Waals surface area contributed by atoms with Crippen LogP contribution in [0.25, 0.3) is 0 Å². The zero-order valence-electron chi connectivity index (χ0n) is 15.4. The van der Waals surface area contributed by atoms with E-state index < -0.39 is 10.0 Å². The van der Waals surface area contributed by atoms with Gasteiger partial charge in [-0.25, -0.2) is 13.1 Å². The van der Waals surface area contributed by atoms with Gasteiger partial charge in [0.2, 0.25) is 10.0 Å². The van der Waals surface area contributed by atoms with Gasteiger partial charge in [0.15, 0.2) is 0 Å². The number of likely N-dealkylation sites (tertiary alicyclic amines) is 1. The summed E-state index contributed by atoms with van der Waals surface area (Å²) in [6, 6.07) is 8.11. The van der Waals surface area contributed by atoms with Gasteiger partial charge >= 0.3 is 0 Å². The fourth-order valence-corrected chi connectivity index (χ4v) is 5.34. The third kappa shape index (κ3) is 5.05. The van der Waals surface area contributed by atoms with Gasteiger partial charge in [-0.15, -0.1) is 0 Å². The SMILES string of the molecule is CCCc1ccc(S(=O)(=O)NCC2CCN(C3CCCC3)CC2)cc1. The van der Waals surface area contributed by atoms with Gasteiger partial charge in [-0.1, -0.05) is 38.3 Å². The highest BCUT2D eigenvalue weighted by Crippen LogP contribution is 2.27. The van der Waals surface area contributed by atoms with E-state index in [1.54, 1.807) is 12.1 Å². The van der Waals surface area contributed by atoms with Gasteiger partial charge in [0.05, 0.1) is 4.90 Å². The Labute approximate surface area is 153 Å². The Hall–Kier alpha value is -0.910. The average molecular weight is 365 g/mol. The molecule has 0 aromatic heterocycles. The van der Waals surface area contributed by atoms with Gasteiger partial charge in [0, 0.05) is 12.6 Å². The van der Waals surface area contributed by atoms with Crippen LogP contribution in [-0.4, -0.2) is 39.0 Å². The van der Waals surface area contributed by atoms with Crippen molar-refractivity contribution in [2.75, 3.05) is 19.6 Å². The molecule has 4 nitrogen and oxygen atoms in total. The molecule has 0 unspecified atom stereocenters. The Bertz CT molecular complexity index is 628. The Morgan fingerprint density at radius 2 is 1.68 bits per heavy atom. The largest absolute Gasteiger partial charge is 0.300 e. The number of piperidine rings is 1. The first kappa shape index (κ1) is 18.9. The molecule has 1 aliphatic carbocycles. The van der Waals surface area contributed by atoms with Gasteiger partial charge in [0.1, 0.15) is 0 Å². The molecular formula is C20H32N2O2S. The Balaban J connectivity index is 1.47. The lowest BCUT2D eigenvalue weighted by molar-refractivity contribution is 0.135. The number of nitrogens with zero attached hydrogens (tertiary/aromatic N) is 1.